The smallest absolute Gasteiger partial charge is 0.186 e. The molecule has 0 aromatic heterocycles. The molecule has 1 atom stereocenters. The Labute approximate surface area is 69.6 Å². The van der Waals surface area contributed by atoms with Crippen LogP contribution >= 0.6 is 0 Å². The van der Waals surface area contributed by atoms with E-state index in [0.29, 0.717) is 4.91 Å². The van der Waals surface area contributed by atoms with E-state index in [2.05, 4.69) is 0 Å². The normalized spacial score (nSPS) is 16.5. The molecule has 0 aliphatic carbocycles. The molecule has 2 nitrogen and oxygen atoms in total. The van der Waals surface area contributed by atoms with Gasteiger partial charge in [0.15, 0.2) is 11.1 Å². The molecule has 0 aromatic carbocycles. The monoisotopic (exact) mass is 172 g/mol. The van der Waals surface area contributed by atoms with Crippen LogP contribution < -0.4 is 0 Å². The van der Waals surface area contributed by atoms with Crippen molar-refractivity contribution in [3.8, 4) is 0 Å². The van der Waals surface area contributed by atoms with Gasteiger partial charge in [-0.25, -0.2) is 4.21 Å². The standard InChI is InChI=1S/C8H12O2S/c1-3-5-7-8(6-4-2)11(9)10/h3-7H,1-2H3,(H,9,10)/b5-3-,6-4-,8-7+. The first kappa shape index (κ1) is 10.3. The molecule has 0 aliphatic rings. The summed E-state index contributed by atoms with van der Waals surface area (Å²) in [6, 6.07) is 0. The Morgan fingerprint density at radius 3 is 2.36 bits per heavy atom. The highest BCUT2D eigenvalue weighted by Crippen LogP contribution is 2.01. The Hall–Kier alpha value is -0.670. The first-order chi connectivity index (χ1) is 5.22. The summed E-state index contributed by atoms with van der Waals surface area (Å²) < 4.78 is 19.2. The molecular formula is C8H12O2S. The van der Waals surface area contributed by atoms with Crippen LogP contribution in [0, 0.1) is 0 Å². The molecule has 0 fully saturated rings. The molecule has 0 amide bonds. The van der Waals surface area contributed by atoms with Gasteiger partial charge in [0, 0.05) is 0 Å². The quantitative estimate of drug-likeness (QED) is 0.523. The number of allylic oxidation sites excluding steroid dienone is 5. The zero-order valence-corrected chi connectivity index (χ0v) is 7.47. The van der Waals surface area contributed by atoms with Gasteiger partial charge >= 0.3 is 0 Å². The van der Waals surface area contributed by atoms with Crippen LogP contribution in [-0.4, -0.2) is 8.76 Å². The van der Waals surface area contributed by atoms with Crippen LogP contribution in [-0.2, 0) is 11.1 Å². The van der Waals surface area contributed by atoms with Gasteiger partial charge in [0.25, 0.3) is 0 Å². The zero-order valence-electron chi connectivity index (χ0n) is 6.65. The van der Waals surface area contributed by atoms with E-state index >= 15 is 0 Å². The van der Waals surface area contributed by atoms with E-state index in [1.807, 2.05) is 6.92 Å². The molecule has 0 heterocycles. The van der Waals surface area contributed by atoms with Crippen LogP contribution in [0.1, 0.15) is 13.8 Å². The lowest BCUT2D eigenvalue weighted by atomic mass is 10.4. The summed E-state index contributed by atoms with van der Waals surface area (Å²) in [6.45, 7) is 3.65. The topological polar surface area (TPSA) is 37.3 Å². The summed E-state index contributed by atoms with van der Waals surface area (Å²) in [7, 11) is 0. The van der Waals surface area contributed by atoms with E-state index in [1.165, 1.54) is 0 Å². The van der Waals surface area contributed by atoms with Gasteiger partial charge in [-0.1, -0.05) is 18.2 Å². The fourth-order valence-electron chi connectivity index (χ4n) is 0.527. The van der Waals surface area contributed by atoms with Crippen molar-refractivity contribution in [3.05, 3.63) is 35.3 Å². The molecule has 0 saturated heterocycles. The van der Waals surface area contributed by atoms with Crippen molar-refractivity contribution in [2.75, 3.05) is 0 Å². The van der Waals surface area contributed by atoms with Crippen molar-refractivity contribution >= 4 is 11.1 Å². The Morgan fingerprint density at radius 1 is 1.36 bits per heavy atom. The van der Waals surface area contributed by atoms with Gasteiger partial charge in [-0.15, -0.1) is 0 Å². The van der Waals surface area contributed by atoms with Crippen molar-refractivity contribution in [2.45, 2.75) is 13.8 Å². The van der Waals surface area contributed by atoms with Crippen molar-refractivity contribution in [2.24, 2.45) is 0 Å². The predicted molar refractivity (Wildman–Crippen MR) is 48.5 cm³/mol. The van der Waals surface area contributed by atoms with Crippen LogP contribution in [0.15, 0.2) is 35.3 Å². The molecule has 1 N–H and O–H groups in total. The lowest BCUT2D eigenvalue weighted by Crippen LogP contribution is -1.87. The van der Waals surface area contributed by atoms with E-state index in [9.17, 15) is 4.21 Å². The lowest BCUT2D eigenvalue weighted by molar-refractivity contribution is 0.572. The number of hydrogen-bond donors (Lipinski definition) is 1. The molecule has 0 bridgehead atoms. The molecule has 1 unspecified atom stereocenters. The van der Waals surface area contributed by atoms with Gasteiger partial charge in [-0.05, 0) is 26.0 Å². The van der Waals surface area contributed by atoms with Gasteiger partial charge in [0.05, 0.1) is 4.91 Å². The molecule has 0 radical (unpaired) electrons. The van der Waals surface area contributed by atoms with Crippen LogP contribution in [0.5, 0.6) is 0 Å². The average Bonchev–Trinajstić information content (AvgIpc) is 1.97. The summed E-state index contributed by atoms with van der Waals surface area (Å²) in [5, 5.41) is 0. The Kier molecular flexibility index (Phi) is 5.70. The molecule has 11 heavy (non-hydrogen) atoms. The third-order valence-electron chi connectivity index (χ3n) is 0.986. The zero-order chi connectivity index (χ0) is 8.69. The molecule has 62 valence electrons. The van der Waals surface area contributed by atoms with Crippen LogP contribution in [0.2, 0.25) is 0 Å². The molecule has 0 aromatic rings. The Morgan fingerprint density at radius 2 is 2.00 bits per heavy atom. The van der Waals surface area contributed by atoms with E-state index < -0.39 is 11.1 Å². The van der Waals surface area contributed by atoms with E-state index in [1.54, 1.807) is 37.3 Å². The highest BCUT2D eigenvalue weighted by molar-refractivity contribution is 7.83. The molecule has 0 rings (SSSR count). The minimum atomic E-state index is -1.88. The second-order valence-electron chi connectivity index (χ2n) is 1.84. The van der Waals surface area contributed by atoms with E-state index in [4.69, 9.17) is 4.55 Å². The summed E-state index contributed by atoms with van der Waals surface area (Å²) >= 11 is -1.88. The van der Waals surface area contributed by atoms with Crippen LogP contribution in [0.3, 0.4) is 0 Å². The molecular weight excluding hydrogens is 160 g/mol. The first-order valence-corrected chi connectivity index (χ1v) is 4.39. The minimum Gasteiger partial charge on any atom is -0.302 e. The van der Waals surface area contributed by atoms with E-state index in [-0.39, 0.29) is 0 Å². The van der Waals surface area contributed by atoms with Gasteiger partial charge < -0.3 is 4.55 Å². The first-order valence-electron chi connectivity index (χ1n) is 3.29. The summed E-state index contributed by atoms with van der Waals surface area (Å²) in [5.74, 6) is 0. The summed E-state index contributed by atoms with van der Waals surface area (Å²) in [6.07, 6.45) is 8.47. The highest BCUT2D eigenvalue weighted by Gasteiger charge is 1.95. The van der Waals surface area contributed by atoms with Crippen molar-refractivity contribution < 1.29 is 8.76 Å². The fourth-order valence-corrected chi connectivity index (χ4v) is 0.975. The SMILES string of the molecule is C\C=C/C=C(\C=C/C)S(=O)O. The predicted octanol–water partition coefficient (Wildman–Crippen LogP) is 2.24. The lowest BCUT2D eigenvalue weighted by Gasteiger charge is -1.90. The summed E-state index contributed by atoms with van der Waals surface area (Å²) in [4.78, 5) is 0.408. The Bertz CT molecular complexity index is 214. The second kappa shape index (κ2) is 6.07. The van der Waals surface area contributed by atoms with Gasteiger partial charge in [-0.3, -0.25) is 0 Å². The third kappa shape index (κ3) is 4.70. The van der Waals surface area contributed by atoms with Crippen LogP contribution in [0.4, 0.5) is 0 Å². The highest BCUT2D eigenvalue weighted by atomic mass is 32.2. The average molecular weight is 172 g/mol. The van der Waals surface area contributed by atoms with E-state index in [0.717, 1.165) is 0 Å². The third-order valence-corrected chi connectivity index (χ3v) is 1.66. The van der Waals surface area contributed by atoms with Crippen molar-refractivity contribution in [1.82, 2.24) is 0 Å². The van der Waals surface area contributed by atoms with Crippen molar-refractivity contribution in [1.29, 1.82) is 0 Å². The van der Waals surface area contributed by atoms with Gasteiger partial charge in [0.1, 0.15) is 0 Å². The van der Waals surface area contributed by atoms with Gasteiger partial charge in [0.2, 0.25) is 0 Å². The maximum atomic E-state index is 10.6. The molecule has 0 saturated carbocycles. The maximum absolute atomic E-state index is 10.6. The van der Waals surface area contributed by atoms with Gasteiger partial charge in [-0.2, -0.15) is 0 Å². The van der Waals surface area contributed by atoms with Crippen LogP contribution in [0.25, 0.3) is 0 Å². The number of rotatable bonds is 3. The maximum Gasteiger partial charge on any atom is 0.186 e. The largest absolute Gasteiger partial charge is 0.302 e. The second-order valence-corrected chi connectivity index (χ2v) is 2.81. The molecule has 0 aliphatic heterocycles. The van der Waals surface area contributed by atoms with Crippen molar-refractivity contribution in [3.63, 3.8) is 0 Å². The molecule has 3 heteroatoms. The fraction of sp³-hybridized carbons (Fsp3) is 0.250. The minimum absolute atomic E-state index is 0.408. The Balaban J connectivity index is 4.45. The summed E-state index contributed by atoms with van der Waals surface area (Å²) in [5.41, 5.74) is 0. The number of hydrogen-bond acceptors (Lipinski definition) is 1. The molecule has 0 spiro atoms.